The molecular weight excluding hydrogens is 344 g/mol. The van der Waals surface area contributed by atoms with Crippen molar-refractivity contribution in [1.29, 1.82) is 0 Å². The first-order valence-corrected chi connectivity index (χ1v) is 8.98. The number of piperidine rings is 1. The third-order valence-corrected chi connectivity index (χ3v) is 5.22. The van der Waals surface area contributed by atoms with Crippen molar-refractivity contribution in [2.75, 3.05) is 44.3 Å². The molecule has 1 aromatic heterocycles. The maximum Gasteiger partial charge on any atom is 0.407 e. The van der Waals surface area contributed by atoms with Crippen molar-refractivity contribution in [3.63, 3.8) is 0 Å². The minimum absolute atomic E-state index is 0.0447. The van der Waals surface area contributed by atoms with Gasteiger partial charge in [-0.2, -0.15) is 5.10 Å². The van der Waals surface area contributed by atoms with Crippen molar-refractivity contribution in [2.45, 2.75) is 18.9 Å². The fraction of sp³-hybridized carbons (Fsp3) is 0.529. The van der Waals surface area contributed by atoms with Crippen molar-refractivity contribution in [1.82, 2.24) is 14.7 Å². The van der Waals surface area contributed by atoms with E-state index in [4.69, 9.17) is 16.3 Å². The molecular formula is C17H21ClN4O3. The largest absolute Gasteiger partial charge is 0.465 e. The van der Waals surface area contributed by atoms with Gasteiger partial charge in [0.1, 0.15) is 0 Å². The predicted octanol–water partition coefficient (Wildman–Crippen LogP) is 2.84. The highest BCUT2D eigenvalue weighted by Gasteiger charge is 2.27. The highest BCUT2D eigenvalue weighted by molar-refractivity contribution is 6.31. The third-order valence-electron chi connectivity index (χ3n) is 5.00. The summed E-state index contributed by atoms with van der Waals surface area (Å²) in [7, 11) is 0. The first-order chi connectivity index (χ1) is 12.1. The van der Waals surface area contributed by atoms with Crippen molar-refractivity contribution >= 4 is 34.3 Å². The summed E-state index contributed by atoms with van der Waals surface area (Å²) >= 11 is 6.32. The van der Waals surface area contributed by atoms with Crippen LogP contribution in [0.15, 0.2) is 18.3 Å². The van der Waals surface area contributed by atoms with Gasteiger partial charge in [0.25, 0.3) is 0 Å². The summed E-state index contributed by atoms with van der Waals surface area (Å²) in [6.07, 6.45) is 2.73. The number of nitrogens with zero attached hydrogens (tertiary/aromatic N) is 4. The predicted molar refractivity (Wildman–Crippen MR) is 95.6 cm³/mol. The van der Waals surface area contributed by atoms with Crippen LogP contribution in [0.4, 0.5) is 10.5 Å². The normalized spacial score (nSPS) is 21.7. The van der Waals surface area contributed by atoms with Gasteiger partial charge in [0, 0.05) is 36.6 Å². The van der Waals surface area contributed by atoms with Gasteiger partial charge in [-0.25, -0.2) is 4.79 Å². The molecule has 0 saturated carbocycles. The molecule has 0 aliphatic carbocycles. The maximum absolute atomic E-state index is 11.3. The summed E-state index contributed by atoms with van der Waals surface area (Å²) in [5.74, 6) is 0. The number of anilines is 1. The lowest BCUT2D eigenvalue weighted by Crippen LogP contribution is -2.40. The van der Waals surface area contributed by atoms with Crippen molar-refractivity contribution < 1.29 is 14.6 Å². The molecule has 7 nitrogen and oxygen atoms in total. The van der Waals surface area contributed by atoms with E-state index in [0.29, 0.717) is 31.3 Å². The number of carbonyl (C=O) groups is 1. The summed E-state index contributed by atoms with van der Waals surface area (Å²) in [6.45, 7) is 4.07. The van der Waals surface area contributed by atoms with E-state index < -0.39 is 6.09 Å². The lowest BCUT2D eigenvalue weighted by Gasteiger charge is -2.33. The van der Waals surface area contributed by atoms with Crippen LogP contribution in [0.3, 0.4) is 0 Å². The summed E-state index contributed by atoms with van der Waals surface area (Å²) < 4.78 is 7.45. The summed E-state index contributed by atoms with van der Waals surface area (Å²) in [4.78, 5) is 15.1. The van der Waals surface area contributed by atoms with Crippen LogP contribution in [0.2, 0.25) is 5.02 Å². The highest BCUT2D eigenvalue weighted by atomic mass is 35.5. The Bertz CT molecular complexity index is 788. The number of likely N-dealkylation sites (tertiary alicyclic amines) is 1. The second-order valence-corrected chi connectivity index (χ2v) is 7.01. The Labute approximate surface area is 150 Å². The van der Waals surface area contributed by atoms with E-state index in [1.807, 2.05) is 23.0 Å². The van der Waals surface area contributed by atoms with Crippen molar-refractivity contribution in [3.05, 3.63) is 23.4 Å². The molecule has 2 saturated heterocycles. The Hall–Kier alpha value is -1.99. The first kappa shape index (κ1) is 16.5. The molecule has 2 fully saturated rings. The Balaban J connectivity index is 1.75. The number of aromatic nitrogens is 2. The minimum Gasteiger partial charge on any atom is -0.465 e. The molecule has 8 heteroatoms. The fourth-order valence-corrected chi connectivity index (χ4v) is 4.01. The number of carboxylic acid groups (broad SMARTS) is 1. The molecule has 2 aromatic rings. The standard InChI is InChI=1S/C17H21ClN4O3/c18-13-8-12-10-19-22(14-2-1-3-21(11-14)17(23)24)16(12)15(9-13)20-4-6-25-7-5-20/h8-10,14H,1-7,11H2,(H,23,24). The Morgan fingerprint density at radius 2 is 2.08 bits per heavy atom. The molecule has 2 aliphatic rings. The van der Waals surface area contributed by atoms with E-state index in [-0.39, 0.29) is 6.04 Å². The number of benzene rings is 1. The van der Waals surface area contributed by atoms with Gasteiger partial charge < -0.3 is 19.6 Å². The number of rotatable bonds is 2. The monoisotopic (exact) mass is 364 g/mol. The summed E-state index contributed by atoms with van der Waals surface area (Å²) in [5.41, 5.74) is 2.08. The van der Waals surface area contributed by atoms with E-state index >= 15 is 0 Å². The fourth-order valence-electron chi connectivity index (χ4n) is 3.79. The molecule has 0 spiro atoms. The number of halogens is 1. The summed E-state index contributed by atoms with van der Waals surface area (Å²) in [6, 6.07) is 3.94. The molecule has 1 atom stereocenters. The van der Waals surface area contributed by atoms with Gasteiger partial charge in [-0.15, -0.1) is 0 Å². The molecule has 1 amide bonds. The zero-order chi connectivity index (χ0) is 17.4. The van der Waals surface area contributed by atoms with Crippen LogP contribution in [0.5, 0.6) is 0 Å². The number of ether oxygens (including phenoxy) is 1. The molecule has 25 heavy (non-hydrogen) atoms. The zero-order valence-electron chi connectivity index (χ0n) is 13.9. The highest BCUT2D eigenvalue weighted by Crippen LogP contribution is 2.34. The van der Waals surface area contributed by atoms with Crippen LogP contribution in [-0.4, -0.2) is 65.3 Å². The lowest BCUT2D eigenvalue weighted by molar-refractivity contribution is 0.119. The molecule has 134 valence electrons. The Morgan fingerprint density at radius 1 is 1.28 bits per heavy atom. The SMILES string of the molecule is O=C(O)N1CCCC(n2ncc3cc(Cl)cc(N4CCOCC4)c32)C1. The summed E-state index contributed by atoms with van der Waals surface area (Å²) in [5, 5.41) is 15.6. The van der Waals surface area contributed by atoms with Crippen LogP contribution in [0.1, 0.15) is 18.9 Å². The van der Waals surface area contributed by atoms with Gasteiger partial charge in [0.2, 0.25) is 0 Å². The van der Waals surface area contributed by atoms with Crippen molar-refractivity contribution in [2.24, 2.45) is 0 Å². The van der Waals surface area contributed by atoms with Crippen LogP contribution >= 0.6 is 11.6 Å². The van der Waals surface area contributed by atoms with E-state index in [1.165, 1.54) is 4.90 Å². The Morgan fingerprint density at radius 3 is 2.84 bits per heavy atom. The topological polar surface area (TPSA) is 70.8 Å². The van der Waals surface area contributed by atoms with E-state index in [2.05, 4.69) is 10.00 Å². The second kappa shape index (κ2) is 6.72. The van der Waals surface area contributed by atoms with Crippen LogP contribution in [0.25, 0.3) is 10.9 Å². The maximum atomic E-state index is 11.3. The second-order valence-electron chi connectivity index (χ2n) is 6.58. The molecule has 3 heterocycles. The average Bonchev–Trinajstić information content (AvgIpc) is 3.05. The van der Waals surface area contributed by atoms with Gasteiger partial charge in [-0.3, -0.25) is 4.68 Å². The van der Waals surface area contributed by atoms with Gasteiger partial charge in [-0.1, -0.05) is 11.6 Å². The van der Waals surface area contributed by atoms with Crippen LogP contribution < -0.4 is 4.90 Å². The van der Waals surface area contributed by atoms with Gasteiger partial charge in [0.15, 0.2) is 0 Å². The quantitative estimate of drug-likeness (QED) is 0.887. The molecule has 1 N–H and O–H groups in total. The number of hydrogen-bond donors (Lipinski definition) is 1. The van der Waals surface area contributed by atoms with Gasteiger partial charge >= 0.3 is 6.09 Å². The number of hydrogen-bond acceptors (Lipinski definition) is 4. The third kappa shape index (κ3) is 3.14. The average molecular weight is 365 g/mol. The number of amides is 1. The number of morpholine rings is 1. The molecule has 0 bridgehead atoms. The van der Waals surface area contributed by atoms with Crippen LogP contribution in [-0.2, 0) is 4.74 Å². The van der Waals surface area contributed by atoms with Crippen LogP contribution in [0, 0.1) is 0 Å². The Kier molecular flexibility index (Phi) is 4.43. The zero-order valence-corrected chi connectivity index (χ0v) is 14.7. The minimum atomic E-state index is -0.863. The lowest BCUT2D eigenvalue weighted by atomic mass is 10.1. The molecule has 4 rings (SSSR count). The van der Waals surface area contributed by atoms with Gasteiger partial charge in [0.05, 0.1) is 36.7 Å². The van der Waals surface area contributed by atoms with Crippen molar-refractivity contribution in [3.8, 4) is 0 Å². The first-order valence-electron chi connectivity index (χ1n) is 8.61. The molecule has 2 aliphatic heterocycles. The number of fused-ring (bicyclic) bond motifs is 1. The van der Waals surface area contributed by atoms with E-state index in [0.717, 1.165) is 42.5 Å². The van der Waals surface area contributed by atoms with E-state index in [1.54, 1.807) is 0 Å². The van der Waals surface area contributed by atoms with Gasteiger partial charge in [-0.05, 0) is 25.0 Å². The molecule has 1 unspecified atom stereocenters. The molecule has 1 aromatic carbocycles. The smallest absolute Gasteiger partial charge is 0.407 e. The van der Waals surface area contributed by atoms with E-state index in [9.17, 15) is 9.90 Å². The molecule has 0 radical (unpaired) electrons.